The van der Waals surface area contributed by atoms with E-state index in [2.05, 4.69) is 0 Å². The van der Waals surface area contributed by atoms with Gasteiger partial charge < -0.3 is 10.6 Å². The second-order valence-corrected chi connectivity index (χ2v) is 8.43. The Hall–Kier alpha value is -2.38. The second kappa shape index (κ2) is 8.10. The van der Waals surface area contributed by atoms with Crippen LogP contribution in [0.5, 0.6) is 0 Å². The SMILES string of the molecule is CCN(c1ccccc1)S(=O)(=O)c1cccc(C(=O)N2CCCC2CN)c1. The Morgan fingerprint density at radius 3 is 2.59 bits per heavy atom. The maximum atomic E-state index is 13.2. The van der Waals surface area contributed by atoms with E-state index in [9.17, 15) is 13.2 Å². The van der Waals surface area contributed by atoms with E-state index in [0.717, 1.165) is 12.8 Å². The Bertz CT molecular complexity index is 900. The summed E-state index contributed by atoms with van der Waals surface area (Å²) in [5.41, 5.74) is 6.74. The minimum Gasteiger partial charge on any atom is -0.334 e. The lowest BCUT2D eigenvalue weighted by molar-refractivity contribution is 0.0741. The third-order valence-electron chi connectivity index (χ3n) is 4.91. The predicted octanol–water partition coefficient (Wildman–Crippen LogP) is 2.47. The lowest BCUT2D eigenvalue weighted by Crippen LogP contribution is -2.40. The van der Waals surface area contributed by atoms with E-state index in [0.29, 0.717) is 30.9 Å². The van der Waals surface area contributed by atoms with Gasteiger partial charge in [-0.2, -0.15) is 0 Å². The second-order valence-electron chi connectivity index (χ2n) is 6.56. The first-order valence-electron chi connectivity index (χ1n) is 9.18. The summed E-state index contributed by atoms with van der Waals surface area (Å²) in [6.45, 7) is 3.16. The lowest BCUT2D eigenvalue weighted by Gasteiger charge is -2.25. The molecule has 0 spiro atoms. The molecule has 1 aliphatic rings. The molecule has 27 heavy (non-hydrogen) atoms. The molecule has 1 fully saturated rings. The number of carbonyl (C=O) groups is 1. The molecule has 0 saturated carbocycles. The zero-order valence-electron chi connectivity index (χ0n) is 15.4. The summed E-state index contributed by atoms with van der Waals surface area (Å²) in [7, 11) is -3.76. The molecule has 0 aliphatic carbocycles. The van der Waals surface area contributed by atoms with Crippen molar-refractivity contribution in [3.05, 3.63) is 60.2 Å². The van der Waals surface area contributed by atoms with Crippen LogP contribution in [0.15, 0.2) is 59.5 Å². The number of carbonyl (C=O) groups excluding carboxylic acids is 1. The molecule has 6 nitrogen and oxygen atoms in total. The fourth-order valence-electron chi connectivity index (χ4n) is 3.52. The van der Waals surface area contributed by atoms with Crippen molar-refractivity contribution in [1.82, 2.24) is 4.90 Å². The van der Waals surface area contributed by atoms with E-state index >= 15 is 0 Å². The van der Waals surface area contributed by atoms with Gasteiger partial charge >= 0.3 is 0 Å². The molecule has 2 aromatic rings. The highest BCUT2D eigenvalue weighted by molar-refractivity contribution is 7.92. The number of rotatable bonds is 6. The Labute approximate surface area is 160 Å². The highest BCUT2D eigenvalue weighted by Crippen LogP contribution is 2.25. The van der Waals surface area contributed by atoms with Gasteiger partial charge in [-0.25, -0.2) is 8.42 Å². The van der Waals surface area contributed by atoms with Crippen molar-refractivity contribution < 1.29 is 13.2 Å². The van der Waals surface area contributed by atoms with Crippen molar-refractivity contribution >= 4 is 21.6 Å². The average molecular weight is 388 g/mol. The van der Waals surface area contributed by atoms with Crippen molar-refractivity contribution in [2.45, 2.75) is 30.7 Å². The molecule has 0 aromatic heterocycles. The molecule has 1 heterocycles. The number of hydrogen-bond acceptors (Lipinski definition) is 4. The van der Waals surface area contributed by atoms with Gasteiger partial charge in [0.2, 0.25) is 0 Å². The molecule has 0 radical (unpaired) electrons. The molecule has 2 N–H and O–H groups in total. The molecule has 7 heteroatoms. The molecule has 3 rings (SSSR count). The quantitative estimate of drug-likeness (QED) is 0.825. The zero-order valence-corrected chi connectivity index (χ0v) is 16.2. The molecule has 1 amide bonds. The number of para-hydroxylation sites is 1. The van der Waals surface area contributed by atoms with E-state index in [-0.39, 0.29) is 16.8 Å². The summed E-state index contributed by atoms with van der Waals surface area (Å²) in [6.07, 6.45) is 1.81. The number of amides is 1. The maximum Gasteiger partial charge on any atom is 0.264 e. The van der Waals surface area contributed by atoms with Gasteiger partial charge in [0, 0.05) is 31.2 Å². The van der Waals surface area contributed by atoms with Crippen LogP contribution in [0.2, 0.25) is 0 Å². The molecule has 2 aromatic carbocycles. The summed E-state index contributed by atoms with van der Waals surface area (Å²) in [6, 6.07) is 15.2. The van der Waals surface area contributed by atoms with Gasteiger partial charge in [-0.15, -0.1) is 0 Å². The van der Waals surface area contributed by atoms with Crippen LogP contribution >= 0.6 is 0 Å². The van der Waals surface area contributed by atoms with Crippen molar-refractivity contribution in [3.8, 4) is 0 Å². The van der Waals surface area contributed by atoms with Crippen LogP contribution in [0.1, 0.15) is 30.1 Å². The first kappa shape index (κ1) is 19.4. The summed E-state index contributed by atoms with van der Waals surface area (Å²) >= 11 is 0. The topological polar surface area (TPSA) is 83.7 Å². The van der Waals surface area contributed by atoms with Gasteiger partial charge in [-0.1, -0.05) is 24.3 Å². The molecular weight excluding hydrogens is 362 g/mol. The van der Waals surface area contributed by atoms with E-state index in [1.54, 1.807) is 48.2 Å². The van der Waals surface area contributed by atoms with Crippen molar-refractivity contribution in [2.75, 3.05) is 23.9 Å². The van der Waals surface area contributed by atoms with Crippen LogP contribution in [-0.2, 0) is 10.0 Å². The Morgan fingerprint density at radius 1 is 1.19 bits per heavy atom. The van der Waals surface area contributed by atoms with E-state index in [1.807, 2.05) is 6.07 Å². The van der Waals surface area contributed by atoms with Crippen LogP contribution in [0.3, 0.4) is 0 Å². The standard InChI is InChI=1S/C20H25N3O3S/c1-2-23(17-9-4-3-5-10-17)27(25,26)19-12-6-8-16(14-19)20(24)22-13-7-11-18(22)15-21/h3-6,8-10,12,14,18H,2,7,11,13,15,21H2,1H3. The smallest absolute Gasteiger partial charge is 0.264 e. The number of sulfonamides is 1. The molecule has 144 valence electrons. The largest absolute Gasteiger partial charge is 0.334 e. The Kier molecular flexibility index (Phi) is 5.82. The molecule has 1 atom stereocenters. The van der Waals surface area contributed by atoms with Gasteiger partial charge in [0.15, 0.2) is 0 Å². The fourth-order valence-corrected chi connectivity index (χ4v) is 5.04. The monoisotopic (exact) mass is 387 g/mol. The van der Waals surface area contributed by atoms with Gasteiger partial charge in [-0.3, -0.25) is 9.10 Å². The van der Waals surface area contributed by atoms with Gasteiger partial charge in [0.05, 0.1) is 10.6 Å². The Balaban J connectivity index is 1.93. The third kappa shape index (κ3) is 3.84. The van der Waals surface area contributed by atoms with Gasteiger partial charge in [0.25, 0.3) is 15.9 Å². The molecule has 1 unspecified atom stereocenters. The summed E-state index contributed by atoms with van der Waals surface area (Å²) in [5.74, 6) is -0.164. The van der Waals surface area contributed by atoms with Crippen molar-refractivity contribution in [1.29, 1.82) is 0 Å². The molecule has 1 aliphatic heterocycles. The third-order valence-corrected chi connectivity index (χ3v) is 6.81. The summed E-state index contributed by atoms with van der Waals surface area (Å²) < 4.78 is 27.7. The minimum atomic E-state index is -3.76. The van der Waals surface area contributed by atoms with Crippen LogP contribution in [0, 0.1) is 0 Å². The highest BCUT2D eigenvalue weighted by atomic mass is 32.2. The number of nitrogens with two attached hydrogens (primary N) is 1. The average Bonchev–Trinajstić information content (AvgIpc) is 3.17. The number of anilines is 1. The van der Waals surface area contributed by atoms with Crippen molar-refractivity contribution in [2.24, 2.45) is 5.73 Å². The lowest BCUT2D eigenvalue weighted by atomic mass is 10.1. The molecule has 0 bridgehead atoms. The van der Waals surface area contributed by atoms with Crippen LogP contribution in [-0.4, -0.2) is 44.9 Å². The minimum absolute atomic E-state index is 0.0224. The highest BCUT2D eigenvalue weighted by Gasteiger charge is 2.30. The van der Waals surface area contributed by atoms with E-state index < -0.39 is 10.0 Å². The fraction of sp³-hybridized carbons (Fsp3) is 0.350. The predicted molar refractivity (Wildman–Crippen MR) is 106 cm³/mol. The molecular formula is C20H25N3O3S. The number of nitrogens with zero attached hydrogens (tertiary/aromatic N) is 2. The summed E-state index contributed by atoms with van der Waals surface area (Å²) in [4.78, 5) is 14.7. The Morgan fingerprint density at radius 2 is 1.93 bits per heavy atom. The number of likely N-dealkylation sites (tertiary alicyclic amines) is 1. The van der Waals surface area contributed by atoms with E-state index in [1.165, 1.54) is 16.4 Å². The van der Waals surface area contributed by atoms with E-state index in [4.69, 9.17) is 5.73 Å². The first-order chi connectivity index (χ1) is 13.0. The van der Waals surface area contributed by atoms with Crippen LogP contribution in [0.4, 0.5) is 5.69 Å². The zero-order chi connectivity index (χ0) is 19.4. The normalized spacial score (nSPS) is 17.1. The van der Waals surface area contributed by atoms with Gasteiger partial charge in [0.1, 0.15) is 0 Å². The van der Waals surface area contributed by atoms with Crippen LogP contribution in [0.25, 0.3) is 0 Å². The first-order valence-corrected chi connectivity index (χ1v) is 10.6. The number of hydrogen-bond donors (Lipinski definition) is 1. The maximum absolute atomic E-state index is 13.2. The molecule has 1 saturated heterocycles. The van der Waals surface area contributed by atoms with Gasteiger partial charge in [-0.05, 0) is 50.1 Å². The summed E-state index contributed by atoms with van der Waals surface area (Å²) in [5, 5.41) is 0. The number of benzene rings is 2. The van der Waals surface area contributed by atoms with Crippen molar-refractivity contribution in [3.63, 3.8) is 0 Å². The van der Waals surface area contributed by atoms with Crippen LogP contribution < -0.4 is 10.0 Å².